The summed E-state index contributed by atoms with van der Waals surface area (Å²) in [6, 6.07) is 0. The molecule has 1 unspecified atom stereocenters. The van der Waals surface area contributed by atoms with Crippen LogP contribution in [0.15, 0.2) is 25.5 Å². The van der Waals surface area contributed by atoms with E-state index in [1.807, 2.05) is 0 Å². The number of aliphatic hydroxyl groups is 1. The summed E-state index contributed by atoms with van der Waals surface area (Å²) in [5, 5.41) is 8.48. The quantitative estimate of drug-likeness (QED) is 0.223. The molecule has 0 heterocycles. The molecule has 1 N–H and O–H groups in total. The predicted molar refractivity (Wildman–Crippen MR) is 74.2 cm³/mol. The summed E-state index contributed by atoms with van der Waals surface area (Å²) >= 11 is 0. The van der Waals surface area contributed by atoms with Crippen molar-refractivity contribution in [3.63, 3.8) is 0 Å². The lowest BCUT2D eigenvalue weighted by Crippen LogP contribution is -2.17. The molecule has 20 heavy (non-hydrogen) atoms. The van der Waals surface area contributed by atoms with E-state index in [2.05, 4.69) is 17.9 Å². The maximum atomic E-state index is 11.1. The second kappa shape index (κ2) is 14.2. The predicted octanol–water partition coefficient (Wildman–Crippen LogP) is 1.05. The highest BCUT2D eigenvalue weighted by atomic mass is 16.5. The molecule has 0 aromatic rings. The third-order valence-electron chi connectivity index (χ3n) is 2.28. The van der Waals surface area contributed by atoms with Crippen molar-refractivity contribution in [1.82, 2.24) is 0 Å². The van der Waals surface area contributed by atoms with Crippen LogP contribution in [0.5, 0.6) is 0 Å². The minimum atomic E-state index is -0.340. The zero-order valence-corrected chi connectivity index (χ0v) is 11.8. The number of aliphatic hydroxyl groups excluding tert-OH is 1. The molecule has 0 saturated heterocycles. The molecule has 0 fully saturated rings. The maximum Gasteiger partial charge on any atom is 0.310 e. The molecule has 1 atom stereocenters. The average molecular weight is 288 g/mol. The van der Waals surface area contributed by atoms with E-state index < -0.39 is 0 Å². The second-order valence-corrected chi connectivity index (χ2v) is 3.79. The van der Waals surface area contributed by atoms with Crippen LogP contribution in [-0.4, -0.2) is 56.8 Å². The highest BCUT2D eigenvalue weighted by Crippen LogP contribution is 2.05. The fourth-order valence-corrected chi connectivity index (χ4v) is 1.33. The first-order valence-electron chi connectivity index (χ1n) is 6.55. The number of esters is 1. The Morgan fingerprint density at radius 3 is 2.35 bits per heavy atom. The molecular formula is C14H24O6. The van der Waals surface area contributed by atoms with Gasteiger partial charge in [-0.3, -0.25) is 4.79 Å². The van der Waals surface area contributed by atoms with Crippen LogP contribution in [-0.2, 0) is 23.7 Å². The van der Waals surface area contributed by atoms with E-state index in [1.165, 1.54) is 0 Å². The Balaban J connectivity index is 3.47. The molecule has 0 radical (unpaired) electrons. The highest BCUT2D eigenvalue weighted by molar-refractivity contribution is 5.69. The molecule has 0 bridgehead atoms. The lowest BCUT2D eigenvalue weighted by Gasteiger charge is -2.13. The fourth-order valence-electron chi connectivity index (χ4n) is 1.33. The van der Waals surface area contributed by atoms with Gasteiger partial charge in [-0.2, -0.15) is 0 Å². The monoisotopic (exact) mass is 288 g/mol. The van der Waals surface area contributed by atoms with Gasteiger partial charge in [0, 0.05) is 6.42 Å². The summed E-state index contributed by atoms with van der Waals surface area (Å²) < 4.78 is 20.4. The fraction of sp³-hybridized carbons (Fsp3) is 0.643. The first-order valence-corrected chi connectivity index (χ1v) is 6.55. The molecule has 0 aromatic carbocycles. The number of hydrogen-bond acceptors (Lipinski definition) is 6. The van der Waals surface area contributed by atoms with Gasteiger partial charge in [-0.15, -0.1) is 6.58 Å². The van der Waals surface area contributed by atoms with Crippen molar-refractivity contribution < 1.29 is 28.8 Å². The molecule has 0 rings (SSSR count). The van der Waals surface area contributed by atoms with Gasteiger partial charge in [0.1, 0.15) is 0 Å². The van der Waals surface area contributed by atoms with Crippen molar-refractivity contribution in [3.8, 4) is 0 Å². The molecule has 0 amide bonds. The Morgan fingerprint density at radius 2 is 1.75 bits per heavy atom. The first kappa shape index (κ1) is 18.8. The molecule has 0 aliphatic heterocycles. The maximum absolute atomic E-state index is 11.1. The van der Waals surface area contributed by atoms with Crippen LogP contribution in [0.3, 0.4) is 0 Å². The van der Waals surface area contributed by atoms with Gasteiger partial charge < -0.3 is 24.1 Å². The van der Waals surface area contributed by atoms with Crippen LogP contribution in [0.25, 0.3) is 0 Å². The van der Waals surface area contributed by atoms with Gasteiger partial charge in [-0.1, -0.05) is 12.7 Å². The number of ether oxygens (including phenoxy) is 4. The Labute approximate surface area is 120 Å². The third-order valence-corrected chi connectivity index (χ3v) is 2.28. The zero-order chi connectivity index (χ0) is 15.1. The summed E-state index contributed by atoms with van der Waals surface area (Å²) in [6.07, 6.45) is 3.31. The molecule has 116 valence electrons. The van der Waals surface area contributed by atoms with Gasteiger partial charge >= 0.3 is 5.97 Å². The van der Waals surface area contributed by atoms with Crippen LogP contribution in [0.2, 0.25) is 0 Å². The number of carbonyl (C=O) groups excluding carboxylic acids is 1. The van der Waals surface area contributed by atoms with Crippen LogP contribution in [0.1, 0.15) is 12.8 Å². The molecule has 0 saturated carbocycles. The Kier molecular flexibility index (Phi) is 13.3. The average Bonchev–Trinajstić information content (AvgIpc) is 2.45. The van der Waals surface area contributed by atoms with Gasteiger partial charge in [0.2, 0.25) is 0 Å². The summed E-state index contributed by atoms with van der Waals surface area (Å²) in [4.78, 5) is 11.1. The number of rotatable bonds is 14. The zero-order valence-electron chi connectivity index (χ0n) is 11.8. The van der Waals surface area contributed by atoms with E-state index in [4.69, 9.17) is 19.3 Å². The van der Waals surface area contributed by atoms with Gasteiger partial charge in [-0.05, 0) is 6.42 Å². The highest BCUT2D eigenvalue weighted by Gasteiger charge is 2.08. The van der Waals surface area contributed by atoms with Crippen LogP contribution < -0.4 is 0 Å². The van der Waals surface area contributed by atoms with Crippen molar-refractivity contribution in [2.45, 2.75) is 18.9 Å². The first-order chi connectivity index (χ1) is 9.74. The third kappa shape index (κ3) is 11.9. The van der Waals surface area contributed by atoms with Gasteiger partial charge in [-0.25, -0.2) is 0 Å². The topological polar surface area (TPSA) is 74.2 Å². The molecule has 6 heteroatoms. The molecule has 0 aromatic heterocycles. The van der Waals surface area contributed by atoms with E-state index in [0.29, 0.717) is 39.5 Å². The van der Waals surface area contributed by atoms with Crippen LogP contribution in [0.4, 0.5) is 0 Å². The van der Waals surface area contributed by atoms with E-state index >= 15 is 0 Å². The summed E-state index contributed by atoms with van der Waals surface area (Å²) in [6.45, 7) is 9.03. The summed E-state index contributed by atoms with van der Waals surface area (Å²) in [5.74, 6) is -0.340. The van der Waals surface area contributed by atoms with Crippen molar-refractivity contribution in [1.29, 1.82) is 0 Å². The minimum absolute atomic E-state index is 0.0123. The summed E-state index contributed by atoms with van der Waals surface area (Å²) in [5.41, 5.74) is 0. The molecule has 0 aliphatic rings. The minimum Gasteiger partial charge on any atom is -0.435 e. The van der Waals surface area contributed by atoms with Gasteiger partial charge in [0.15, 0.2) is 0 Å². The van der Waals surface area contributed by atoms with Gasteiger partial charge in [0.25, 0.3) is 0 Å². The van der Waals surface area contributed by atoms with E-state index in [9.17, 15) is 4.79 Å². The lowest BCUT2D eigenvalue weighted by molar-refractivity contribution is -0.138. The second-order valence-electron chi connectivity index (χ2n) is 3.79. The SMILES string of the molecule is C=COC(=O)CCC(C=C)OCCOCCOCCO. The molecule has 0 spiro atoms. The normalized spacial score (nSPS) is 11.8. The molecule has 6 nitrogen and oxygen atoms in total. The molecule has 0 aliphatic carbocycles. The number of hydrogen-bond donors (Lipinski definition) is 1. The van der Waals surface area contributed by atoms with E-state index in [0.717, 1.165) is 6.26 Å². The van der Waals surface area contributed by atoms with Crippen molar-refractivity contribution in [2.75, 3.05) is 39.6 Å². The van der Waals surface area contributed by atoms with Crippen LogP contribution >= 0.6 is 0 Å². The largest absolute Gasteiger partial charge is 0.435 e. The lowest BCUT2D eigenvalue weighted by atomic mass is 10.2. The van der Waals surface area contributed by atoms with E-state index in [1.54, 1.807) is 6.08 Å². The Bertz CT molecular complexity index is 266. The molecular weight excluding hydrogens is 264 g/mol. The smallest absolute Gasteiger partial charge is 0.310 e. The van der Waals surface area contributed by atoms with Crippen LogP contribution in [0, 0.1) is 0 Å². The Morgan fingerprint density at radius 1 is 1.10 bits per heavy atom. The van der Waals surface area contributed by atoms with Crippen molar-refractivity contribution in [2.24, 2.45) is 0 Å². The Hall–Kier alpha value is -1.21. The van der Waals surface area contributed by atoms with Crippen molar-refractivity contribution in [3.05, 3.63) is 25.5 Å². The van der Waals surface area contributed by atoms with Crippen molar-refractivity contribution >= 4 is 5.97 Å². The van der Waals surface area contributed by atoms with E-state index in [-0.39, 0.29) is 25.1 Å². The van der Waals surface area contributed by atoms with Gasteiger partial charge in [0.05, 0.1) is 52.0 Å². The summed E-state index contributed by atoms with van der Waals surface area (Å²) in [7, 11) is 0. The standard InChI is InChI=1S/C14H24O6/c1-3-13(5-6-14(16)19-4-2)20-12-11-18-10-9-17-8-7-15/h3-4,13,15H,1-2,5-12H2. The number of carbonyl (C=O) groups is 1.